The van der Waals surface area contributed by atoms with Gasteiger partial charge in [0.2, 0.25) is 0 Å². The van der Waals surface area contributed by atoms with Gasteiger partial charge >= 0.3 is 0 Å². The van der Waals surface area contributed by atoms with Crippen molar-refractivity contribution in [1.82, 2.24) is 0 Å². The van der Waals surface area contributed by atoms with Crippen molar-refractivity contribution in [3.8, 4) is 0 Å². The molecule has 26 heavy (non-hydrogen) atoms. The molecule has 8 N–H and O–H groups in total. The lowest BCUT2D eigenvalue weighted by Crippen LogP contribution is -2.74. The minimum Gasteiger partial charge on any atom is -0.432 e. The van der Waals surface area contributed by atoms with E-state index in [1.807, 2.05) is 0 Å². The molecule has 0 aliphatic carbocycles. The van der Waals surface area contributed by atoms with Gasteiger partial charge in [-0.15, -0.1) is 0 Å². The molecule has 0 aromatic rings. The zero-order chi connectivity index (χ0) is 19.8. The van der Waals surface area contributed by atoms with E-state index in [1.165, 1.54) is 0 Å². The van der Waals surface area contributed by atoms with E-state index in [4.69, 9.17) is 31.8 Å². The Kier molecular flexibility index (Phi) is 12.0. The lowest BCUT2D eigenvalue weighted by Gasteiger charge is -2.42. The van der Waals surface area contributed by atoms with Crippen molar-refractivity contribution in [2.45, 2.75) is 63.2 Å². The van der Waals surface area contributed by atoms with Crippen LogP contribution in [0.2, 0.25) is 0 Å². The van der Waals surface area contributed by atoms with Crippen LogP contribution in [0.3, 0.4) is 0 Å². The summed E-state index contributed by atoms with van der Waals surface area (Å²) in [6, 6.07) is 0. The molecule has 0 radical (unpaired) electrons. The van der Waals surface area contributed by atoms with E-state index in [1.54, 1.807) is 0 Å². The van der Waals surface area contributed by atoms with E-state index in [9.17, 15) is 0 Å². The van der Waals surface area contributed by atoms with E-state index in [-0.39, 0.29) is 52.8 Å². The van der Waals surface area contributed by atoms with E-state index < -0.39 is 15.2 Å². The first-order valence-corrected chi connectivity index (χ1v) is 37.0. The summed E-state index contributed by atoms with van der Waals surface area (Å²) in [5.41, 5.74) is 26.5. The molecule has 2 aliphatic rings. The van der Waals surface area contributed by atoms with Gasteiger partial charge in [-0.1, -0.05) is 27.7 Å². The average molecular weight is 501 g/mol. The Morgan fingerprint density at radius 2 is 1.12 bits per heavy atom. The fourth-order valence-electron chi connectivity index (χ4n) is 4.47. The minimum atomic E-state index is -1.29. The summed E-state index contributed by atoms with van der Waals surface area (Å²) in [7, 11) is -1.72. The molecule has 6 atom stereocenters. The third-order valence-electron chi connectivity index (χ3n) is 6.77. The molecular weight excluding hydrogens is 457 g/mol. The van der Waals surface area contributed by atoms with Crippen LogP contribution in [0.25, 0.3) is 0 Å². The Morgan fingerprint density at radius 1 is 0.769 bits per heavy atom. The van der Waals surface area contributed by atoms with Gasteiger partial charge in [-0.3, -0.25) is 0 Å². The van der Waals surface area contributed by atoms with Crippen molar-refractivity contribution >= 4 is 68.0 Å². The first kappa shape index (κ1) is 25.5. The number of rotatable bonds is 6. The molecule has 0 aromatic carbocycles. The smallest absolute Gasteiger partial charge is 0.139 e. The largest absolute Gasteiger partial charge is 0.432 e. The zero-order valence-corrected chi connectivity index (χ0v) is 28.0. The van der Waals surface area contributed by atoms with Gasteiger partial charge in [0.05, 0.1) is 0 Å². The lowest BCUT2D eigenvalue weighted by molar-refractivity contribution is 0.405. The van der Waals surface area contributed by atoms with Crippen molar-refractivity contribution in [3.05, 3.63) is 0 Å². The highest BCUT2D eigenvalue weighted by molar-refractivity contribution is 7.55. The van der Waals surface area contributed by atoms with E-state index in [0.717, 1.165) is 25.3 Å². The molecule has 6 nitrogen and oxygen atoms in total. The molecule has 6 unspecified atom stereocenters. The van der Waals surface area contributed by atoms with Crippen LogP contribution < -0.4 is 22.9 Å². The van der Waals surface area contributed by atoms with Gasteiger partial charge in [-0.2, -0.15) is 0 Å². The van der Waals surface area contributed by atoms with Crippen molar-refractivity contribution in [1.29, 1.82) is 0 Å². The normalized spacial score (nSPS) is 39.7. The first-order chi connectivity index (χ1) is 12.3. The Hall–Kier alpha value is 1.50. The second-order valence-corrected chi connectivity index (χ2v) is 60.6. The second-order valence-electron chi connectivity index (χ2n) is 8.39. The maximum Gasteiger partial charge on any atom is 0.139 e. The van der Waals surface area contributed by atoms with E-state index >= 15 is 0 Å². The molecule has 0 amide bonds. The quantitative estimate of drug-likeness (QED) is 0.269. The molecule has 156 valence electrons. The Balaban J connectivity index is 0.000000260. The topological polar surface area (TPSA) is 123 Å². The van der Waals surface area contributed by atoms with E-state index in [0.29, 0.717) is 22.7 Å². The van der Waals surface area contributed by atoms with Gasteiger partial charge in [0.1, 0.15) is 33.7 Å². The molecule has 2 aliphatic heterocycles. The fourth-order valence-corrected chi connectivity index (χ4v) is 114. The summed E-state index contributed by atoms with van der Waals surface area (Å²) in [5.74, 6) is 0. The molecular formula is C12H44N4O2Si8. The van der Waals surface area contributed by atoms with Gasteiger partial charge in [0.25, 0.3) is 0 Å². The highest BCUT2D eigenvalue weighted by atomic mass is 29.7. The molecule has 0 bridgehead atoms. The summed E-state index contributed by atoms with van der Waals surface area (Å²) in [4.78, 5) is 0. The van der Waals surface area contributed by atoms with Gasteiger partial charge < -0.3 is 31.8 Å². The van der Waals surface area contributed by atoms with Crippen LogP contribution in [-0.2, 0) is 8.85 Å². The van der Waals surface area contributed by atoms with Crippen LogP contribution in [0.5, 0.6) is 0 Å². The summed E-state index contributed by atoms with van der Waals surface area (Å²) >= 11 is 0. The molecule has 0 spiro atoms. The van der Waals surface area contributed by atoms with Gasteiger partial charge in [-0.05, 0) is 35.5 Å². The van der Waals surface area contributed by atoms with Crippen molar-refractivity contribution in [2.24, 2.45) is 22.9 Å². The van der Waals surface area contributed by atoms with Crippen LogP contribution in [-0.4, -0.2) is 103 Å². The third kappa shape index (κ3) is 6.24. The molecule has 2 heterocycles. The Morgan fingerprint density at radius 3 is 1.31 bits per heavy atom. The third-order valence-corrected chi connectivity index (χ3v) is 87.4. The molecule has 2 rings (SSSR count). The van der Waals surface area contributed by atoms with Gasteiger partial charge in [0, 0.05) is 46.7 Å². The number of nitrogens with two attached hydrogens (primary N) is 4. The predicted octanol–water partition coefficient (Wildman–Crippen LogP) is -6.17. The summed E-state index contributed by atoms with van der Waals surface area (Å²) in [6.45, 7) is 8.76. The Labute approximate surface area is 175 Å². The number of hydrogen-bond acceptors (Lipinski definition) is 6. The van der Waals surface area contributed by atoms with Crippen LogP contribution >= 0.6 is 0 Å². The standard InChI is InChI=1S/2C6H22N2OSi4/c2*1-3-6(8)13(5(2)7)4-9-10-11-12-13/h2*5-6H,3-4,7-8,10-12H2,1-2H3. The Bertz CT molecular complexity index is 361. The molecule has 0 saturated carbocycles. The average Bonchev–Trinajstić information content (AvgIpc) is 2.67. The summed E-state index contributed by atoms with van der Waals surface area (Å²) in [6.07, 6.45) is 4.29. The van der Waals surface area contributed by atoms with E-state index in [2.05, 4.69) is 27.7 Å². The highest BCUT2D eigenvalue weighted by Crippen LogP contribution is 2.16. The van der Waals surface area contributed by atoms with Crippen molar-refractivity contribution < 1.29 is 8.85 Å². The monoisotopic (exact) mass is 500 g/mol. The molecule has 2 fully saturated rings. The van der Waals surface area contributed by atoms with Crippen LogP contribution in [0.15, 0.2) is 0 Å². The van der Waals surface area contributed by atoms with Gasteiger partial charge in [0.15, 0.2) is 0 Å². The predicted molar refractivity (Wildman–Crippen MR) is 139 cm³/mol. The summed E-state index contributed by atoms with van der Waals surface area (Å²) in [5, 5.41) is 0. The van der Waals surface area contributed by atoms with Crippen molar-refractivity contribution in [3.63, 3.8) is 0 Å². The van der Waals surface area contributed by atoms with Crippen LogP contribution in [0, 0.1) is 0 Å². The lowest BCUT2D eigenvalue weighted by atomic mass is 10.5. The highest BCUT2D eigenvalue weighted by Gasteiger charge is 2.44. The SMILES string of the molecule is CCC(N)[Si]1(C(C)N)CO[SiH2][SiH2][SiH2]1.CCC(N)[Si]1(C(C)N)CO[SiH2][SiH2][SiH2]1. The first-order valence-electron chi connectivity index (χ1n) is 10.4. The summed E-state index contributed by atoms with van der Waals surface area (Å²) < 4.78 is 11.6. The zero-order valence-electron chi connectivity index (χ0n) is 17.5. The van der Waals surface area contributed by atoms with Crippen molar-refractivity contribution in [2.75, 3.05) is 12.5 Å². The van der Waals surface area contributed by atoms with Gasteiger partial charge in [-0.25, -0.2) is 0 Å². The second kappa shape index (κ2) is 12.2. The fraction of sp³-hybridized carbons (Fsp3) is 1.00. The molecule has 2 saturated heterocycles. The maximum atomic E-state index is 6.26. The van der Waals surface area contributed by atoms with Crippen LogP contribution in [0.4, 0.5) is 0 Å². The molecule has 0 aromatic heterocycles. The molecule has 14 heteroatoms. The maximum absolute atomic E-state index is 6.26. The minimum absolute atomic E-state index is 0.00771. The number of hydrogen-bond donors (Lipinski definition) is 4. The van der Waals surface area contributed by atoms with Crippen LogP contribution in [0.1, 0.15) is 40.5 Å².